The highest BCUT2D eigenvalue weighted by Crippen LogP contribution is 2.26. The SMILES string of the molecule is CC1CCC(C(=O)O)CN1C(=O)C1CCCOC1. The van der Waals surface area contributed by atoms with Crippen molar-refractivity contribution in [1.29, 1.82) is 0 Å². The summed E-state index contributed by atoms with van der Waals surface area (Å²) >= 11 is 0. The largest absolute Gasteiger partial charge is 0.481 e. The minimum absolute atomic E-state index is 0.0752. The van der Waals surface area contributed by atoms with E-state index >= 15 is 0 Å². The molecule has 1 N–H and O–H groups in total. The first-order valence-electron chi connectivity index (χ1n) is 6.70. The van der Waals surface area contributed by atoms with Crippen LogP contribution in [0.25, 0.3) is 0 Å². The summed E-state index contributed by atoms with van der Waals surface area (Å²) in [6.07, 6.45) is 3.22. The maximum atomic E-state index is 12.4. The average Bonchev–Trinajstić information content (AvgIpc) is 2.39. The molecule has 2 fully saturated rings. The Hall–Kier alpha value is -1.10. The Kier molecular flexibility index (Phi) is 4.22. The number of piperidine rings is 1. The average molecular weight is 255 g/mol. The Morgan fingerprint density at radius 1 is 1.22 bits per heavy atom. The summed E-state index contributed by atoms with van der Waals surface area (Å²) in [5.74, 6) is -1.20. The Morgan fingerprint density at radius 3 is 2.61 bits per heavy atom. The number of hydrogen-bond donors (Lipinski definition) is 1. The Labute approximate surface area is 107 Å². The summed E-state index contributed by atoms with van der Waals surface area (Å²) < 4.78 is 5.34. The number of carbonyl (C=O) groups is 2. The second kappa shape index (κ2) is 5.69. The lowest BCUT2D eigenvalue weighted by Gasteiger charge is -2.39. The third-order valence-corrected chi connectivity index (χ3v) is 4.02. The molecular weight excluding hydrogens is 234 g/mol. The van der Waals surface area contributed by atoms with Gasteiger partial charge in [-0.05, 0) is 32.6 Å². The molecule has 3 unspecified atom stereocenters. The van der Waals surface area contributed by atoms with E-state index in [-0.39, 0.29) is 17.9 Å². The van der Waals surface area contributed by atoms with Gasteiger partial charge in [-0.25, -0.2) is 0 Å². The van der Waals surface area contributed by atoms with Crippen LogP contribution in [-0.2, 0) is 14.3 Å². The lowest BCUT2D eigenvalue weighted by molar-refractivity contribution is -0.150. The van der Waals surface area contributed by atoms with Crippen molar-refractivity contribution in [3.05, 3.63) is 0 Å². The van der Waals surface area contributed by atoms with Gasteiger partial charge in [0, 0.05) is 19.2 Å². The van der Waals surface area contributed by atoms with Crippen molar-refractivity contribution in [3.63, 3.8) is 0 Å². The van der Waals surface area contributed by atoms with Crippen LogP contribution in [0.2, 0.25) is 0 Å². The summed E-state index contributed by atoms with van der Waals surface area (Å²) in [6, 6.07) is 0.148. The van der Waals surface area contributed by atoms with Crippen molar-refractivity contribution in [1.82, 2.24) is 4.90 Å². The third-order valence-electron chi connectivity index (χ3n) is 4.02. The standard InChI is InChI=1S/C13H21NO4/c1-9-4-5-10(13(16)17)7-14(9)12(15)11-3-2-6-18-8-11/h9-11H,2-8H2,1H3,(H,16,17). The molecule has 2 saturated heterocycles. The molecule has 3 atom stereocenters. The van der Waals surface area contributed by atoms with Crippen molar-refractivity contribution < 1.29 is 19.4 Å². The molecular formula is C13H21NO4. The predicted octanol–water partition coefficient (Wildman–Crippen LogP) is 1.12. The molecule has 0 saturated carbocycles. The summed E-state index contributed by atoms with van der Waals surface area (Å²) in [5, 5.41) is 9.07. The summed E-state index contributed by atoms with van der Waals surface area (Å²) in [5.41, 5.74) is 0. The number of hydrogen-bond acceptors (Lipinski definition) is 3. The second-order valence-electron chi connectivity index (χ2n) is 5.37. The van der Waals surface area contributed by atoms with Gasteiger partial charge in [0.1, 0.15) is 0 Å². The Morgan fingerprint density at radius 2 is 2.00 bits per heavy atom. The number of carboxylic acid groups (broad SMARTS) is 1. The van der Waals surface area contributed by atoms with Gasteiger partial charge < -0.3 is 14.7 Å². The molecule has 5 heteroatoms. The number of nitrogens with zero attached hydrogens (tertiary/aromatic N) is 1. The predicted molar refractivity (Wildman–Crippen MR) is 65.1 cm³/mol. The van der Waals surface area contributed by atoms with Gasteiger partial charge in [-0.15, -0.1) is 0 Å². The van der Waals surface area contributed by atoms with Gasteiger partial charge in [-0.2, -0.15) is 0 Å². The van der Waals surface area contributed by atoms with Crippen molar-refractivity contribution >= 4 is 11.9 Å². The Bertz CT molecular complexity index is 325. The van der Waals surface area contributed by atoms with E-state index in [1.165, 1.54) is 0 Å². The number of likely N-dealkylation sites (tertiary alicyclic amines) is 1. The van der Waals surface area contributed by atoms with Crippen LogP contribution >= 0.6 is 0 Å². The van der Waals surface area contributed by atoms with Crippen LogP contribution in [0.3, 0.4) is 0 Å². The molecule has 0 spiro atoms. The maximum absolute atomic E-state index is 12.4. The van der Waals surface area contributed by atoms with Crippen molar-refractivity contribution in [2.45, 2.75) is 38.6 Å². The molecule has 5 nitrogen and oxygen atoms in total. The van der Waals surface area contributed by atoms with E-state index < -0.39 is 11.9 Å². The lowest BCUT2D eigenvalue weighted by Crippen LogP contribution is -2.50. The van der Waals surface area contributed by atoms with Gasteiger partial charge in [0.05, 0.1) is 18.4 Å². The molecule has 0 bridgehead atoms. The van der Waals surface area contributed by atoms with Gasteiger partial charge in [-0.1, -0.05) is 0 Å². The summed E-state index contributed by atoms with van der Waals surface area (Å²) in [4.78, 5) is 25.2. The molecule has 0 aliphatic carbocycles. The molecule has 18 heavy (non-hydrogen) atoms. The van der Waals surface area contributed by atoms with E-state index in [9.17, 15) is 9.59 Å². The number of rotatable bonds is 2. The summed E-state index contributed by atoms with van der Waals surface area (Å²) in [7, 11) is 0. The molecule has 2 heterocycles. The number of aliphatic carboxylic acids is 1. The molecule has 0 aromatic rings. The number of ether oxygens (including phenoxy) is 1. The number of carboxylic acids is 1. The fraction of sp³-hybridized carbons (Fsp3) is 0.846. The first-order chi connectivity index (χ1) is 8.59. The topological polar surface area (TPSA) is 66.8 Å². The van der Waals surface area contributed by atoms with E-state index in [4.69, 9.17) is 9.84 Å². The highest BCUT2D eigenvalue weighted by Gasteiger charge is 2.35. The number of amides is 1. The van der Waals surface area contributed by atoms with Crippen LogP contribution in [0, 0.1) is 11.8 Å². The zero-order valence-electron chi connectivity index (χ0n) is 10.8. The van der Waals surface area contributed by atoms with Crippen molar-refractivity contribution in [3.8, 4) is 0 Å². The molecule has 0 radical (unpaired) electrons. The minimum Gasteiger partial charge on any atom is -0.481 e. The normalized spacial score (nSPS) is 33.2. The van der Waals surface area contributed by atoms with Crippen LogP contribution in [0.1, 0.15) is 32.6 Å². The molecule has 2 aliphatic heterocycles. The summed E-state index contributed by atoms with van der Waals surface area (Å²) in [6.45, 7) is 3.57. The zero-order valence-corrected chi connectivity index (χ0v) is 10.8. The molecule has 0 aromatic heterocycles. The quantitative estimate of drug-likeness (QED) is 0.803. The van der Waals surface area contributed by atoms with Crippen LogP contribution < -0.4 is 0 Å². The van der Waals surface area contributed by atoms with E-state index in [0.29, 0.717) is 19.6 Å². The zero-order chi connectivity index (χ0) is 13.1. The van der Waals surface area contributed by atoms with Crippen LogP contribution in [0.5, 0.6) is 0 Å². The molecule has 102 valence electrons. The lowest BCUT2D eigenvalue weighted by atomic mass is 9.91. The van der Waals surface area contributed by atoms with Gasteiger partial charge in [0.2, 0.25) is 5.91 Å². The maximum Gasteiger partial charge on any atom is 0.308 e. The van der Waals surface area contributed by atoms with Crippen molar-refractivity contribution in [2.75, 3.05) is 19.8 Å². The van der Waals surface area contributed by atoms with Gasteiger partial charge in [-0.3, -0.25) is 9.59 Å². The first kappa shape index (κ1) is 13.3. The highest BCUT2D eigenvalue weighted by molar-refractivity contribution is 5.80. The molecule has 0 aromatic carbocycles. The monoisotopic (exact) mass is 255 g/mol. The van der Waals surface area contributed by atoms with Gasteiger partial charge in [0.15, 0.2) is 0 Å². The van der Waals surface area contributed by atoms with E-state index in [2.05, 4.69) is 0 Å². The first-order valence-corrected chi connectivity index (χ1v) is 6.70. The Balaban J connectivity index is 2.00. The van der Waals surface area contributed by atoms with Crippen molar-refractivity contribution in [2.24, 2.45) is 11.8 Å². The van der Waals surface area contributed by atoms with Crippen LogP contribution in [0.4, 0.5) is 0 Å². The van der Waals surface area contributed by atoms with E-state index in [1.54, 1.807) is 4.90 Å². The van der Waals surface area contributed by atoms with Crippen LogP contribution in [0.15, 0.2) is 0 Å². The molecule has 2 rings (SSSR count). The van der Waals surface area contributed by atoms with Crippen LogP contribution in [-0.4, -0.2) is 47.7 Å². The fourth-order valence-electron chi connectivity index (χ4n) is 2.79. The van der Waals surface area contributed by atoms with Gasteiger partial charge >= 0.3 is 5.97 Å². The second-order valence-corrected chi connectivity index (χ2v) is 5.37. The minimum atomic E-state index is -0.792. The number of carbonyl (C=O) groups excluding carboxylic acids is 1. The van der Waals surface area contributed by atoms with E-state index in [1.807, 2.05) is 6.92 Å². The highest BCUT2D eigenvalue weighted by atomic mass is 16.5. The van der Waals surface area contributed by atoms with Gasteiger partial charge in [0.25, 0.3) is 0 Å². The molecule has 2 aliphatic rings. The third kappa shape index (κ3) is 2.83. The fourth-order valence-corrected chi connectivity index (χ4v) is 2.79. The molecule has 1 amide bonds. The smallest absolute Gasteiger partial charge is 0.308 e. The van der Waals surface area contributed by atoms with E-state index in [0.717, 1.165) is 25.9 Å².